The molecule has 8 heteroatoms. The Morgan fingerprint density at radius 2 is 1.63 bits per heavy atom. The van der Waals surface area contributed by atoms with E-state index in [1.165, 1.54) is 33.1 Å². The van der Waals surface area contributed by atoms with Crippen molar-refractivity contribution < 1.29 is 28.5 Å². The maximum absolute atomic E-state index is 12.3. The molecule has 2 aromatic carbocycles. The number of hydrogen-bond donors (Lipinski definition) is 1. The third kappa shape index (κ3) is 5.55. The predicted octanol–water partition coefficient (Wildman–Crippen LogP) is 3.23. The monoisotopic (exact) mass is 391 g/mol. The summed E-state index contributed by atoms with van der Waals surface area (Å²) >= 11 is 1.53. The normalized spacial score (nSPS) is 10.1. The summed E-state index contributed by atoms with van der Waals surface area (Å²) in [6, 6.07) is 10.1. The van der Waals surface area contributed by atoms with Gasteiger partial charge in [0.1, 0.15) is 22.8 Å². The average molecular weight is 391 g/mol. The summed E-state index contributed by atoms with van der Waals surface area (Å²) in [6.45, 7) is -0.439. The highest BCUT2D eigenvalue weighted by Gasteiger charge is 2.16. The van der Waals surface area contributed by atoms with Crippen LogP contribution in [-0.4, -0.2) is 46.1 Å². The number of thioether (sulfide) groups is 1. The van der Waals surface area contributed by atoms with E-state index in [0.717, 1.165) is 4.90 Å². The molecule has 27 heavy (non-hydrogen) atoms. The van der Waals surface area contributed by atoms with E-state index in [9.17, 15) is 9.59 Å². The second kappa shape index (κ2) is 9.72. The summed E-state index contributed by atoms with van der Waals surface area (Å²) in [5.41, 5.74) is 0.723. The summed E-state index contributed by atoms with van der Waals surface area (Å²) in [4.78, 5) is 25.3. The van der Waals surface area contributed by atoms with Crippen LogP contribution in [0.4, 0.5) is 5.69 Å². The van der Waals surface area contributed by atoms with Crippen molar-refractivity contribution in [3.63, 3.8) is 0 Å². The second-order valence-electron chi connectivity index (χ2n) is 5.29. The quantitative estimate of drug-likeness (QED) is 0.546. The van der Waals surface area contributed by atoms with Gasteiger partial charge < -0.3 is 24.3 Å². The van der Waals surface area contributed by atoms with Crippen molar-refractivity contribution in [2.75, 3.05) is 39.5 Å². The van der Waals surface area contributed by atoms with Crippen LogP contribution < -0.4 is 19.5 Å². The van der Waals surface area contributed by atoms with Crippen LogP contribution in [0.3, 0.4) is 0 Å². The van der Waals surface area contributed by atoms with Gasteiger partial charge in [-0.1, -0.05) is 0 Å². The molecule has 1 amide bonds. The minimum Gasteiger partial charge on any atom is -0.497 e. The van der Waals surface area contributed by atoms with Crippen molar-refractivity contribution in [3.8, 4) is 17.2 Å². The van der Waals surface area contributed by atoms with E-state index >= 15 is 0 Å². The first-order chi connectivity index (χ1) is 13.0. The predicted molar refractivity (Wildman–Crippen MR) is 103 cm³/mol. The fourth-order valence-electron chi connectivity index (χ4n) is 2.25. The zero-order valence-corrected chi connectivity index (χ0v) is 16.3. The Balaban J connectivity index is 2.00. The average Bonchev–Trinajstić information content (AvgIpc) is 2.70. The van der Waals surface area contributed by atoms with E-state index in [1.807, 2.05) is 6.26 Å². The number of esters is 1. The van der Waals surface area contributed by atoms with Crippen LogP contribution in [0.2, 0.25) is 0 Å². The lowest BCUT2D eigenvalue weighted by molar-refractivity contribution is -0.119. The number of ether oxygens (including phenoxy) is 4. The summed E-state index contributed by atoms with van der Waals surface area (Å²) < 4.78 is 20.6. The molecule has 0 aliphatic carbocycles. The number of nitrogens with one attached hydrogen (secondary N) is 1. The third-order valence-corrected chi connectivity index (χ3v) is 4.32. The Bertz CT molecular complexity index is 802. The molecule has 0 bridgehead atoms. The molecule has 0 atom stereocenters. The molecule has 7 nitrogen and oxygen atoms in total. The highest BCUT2D eigenvalue weighted by molar-refractivity contribution is 7.98. The minimum absolute atomic E-state index is 0.256. The molecule has 0 saturated heterocycles. The molecule has 0 saturated carbocycles. The van der Waals surface area contributed by atoms with Crippen LogP contribution in [-0.2, 0) is 9.53 Å². The first kappa shape index (κ1) is 20.4. The molecule has 0 unspecified atom stereocenters. The van der Waals surface area contributed by atoms with E-state index in [2.05, 4.69) is 5.32 Å². The molecule has 144 valence electrons. The Morgan fingerprint density at radius 3 is 2.19 bits per heavy atom. The van der Waals surface area contributed by atoms with Crippen LogP contribution in [0.15, 0.2) is 41.3 Å². The standard InChI is InChI=1S/C19H21NO6S/c1-23-13-7-12(8-14(9-13)24-2)20-18(21)11-26-19(22)16-6-5-15(27-4)10-17(16)25-3/h5-10H,11H2,1-4H3,(H,20,21). The molecule has 0 heterocycles. The number of rotatable bonds is 8. The smallest absolute Gasteiger partial charge is 0.342 e. The zero-order chi connectivity index (χ0) is 19.8. The van der Waals surface area contributed by atoms with Gasteiger partial charge in [-0.25, -0.2) is 4.79 Å². The van der Waals surface area contributed by atoms with E-state index in [-0.39, 0.29) is 5.56 Å². The van der Waals surface area contributed by atoms with Gasteiger partial charge in [0, 0.05) is 28.8 Å². The highest BCUT2D eigenvalue weighted by Crippen LogP contribution is 2.27. The maximum atomic E-state index is 12.3. The van der Waals surface area contributed by atoms with Crippen LogP contribution in [0, 0.1) is 0 Å². The number of carbonyl (C=O) groups excluding carboxylic acids is 2. The van der Waals surface area contributed by atoms with Gasteiger partial charge in [-0.15, -0.1) is 11.8 Å². The Kier molecular flexibility index (Phi) is 7.36. The number of anilines is 1. The summed E-state index contributed by atoms with van der Waals surface area (Å²) in [7, 11) is 4.49. The van der Waals surface area contributed by atoms with Crippen molar-refractivity contribution in [2.45, 2.75) is 4.90 Å². The molecule has 1 N–H and O–H groups in total. The number of benzene rings is 2. The number of methoxy groups -OCH3 is 3. The van der Waals surface area contributed by atoms with E-state index in [0.29, 0.717) is 22.9 Å². The molecule has 2 aromatic rings. The van der Waals surface area contributed by atoms with Crippen molar-refractivity contribution in [3.05, 3.63) is 42.0 Å². The fraction of sp³-hybridized carbons (Fsp3) is 0.263. The topological polar surface area (TPSA) is 83.1 Å². The van der Waals surface area contributed by atoms with Crippen molar-refractivity contribution >= 4 is 29.3 Å². The molecule has 0 aliphatic rings. The van der Waals surface area contributed by atoms with Crippen molar-refractivity contribution in [1.82, 2.24) is 0 Å². The van der Waals surface area contributed by atoms with Gasteiger partial charge >= 0.3 is 5.97 Å². The Labute approximate surface area is 161 Å². The molecule has 0 spiro atoms. The van der Waals surface area contributed by atoms with Crippen LogP contribution in [0.25, 0.3) is 0 Å². The fourth-order valence-corrected chi connectivity index (χ4v) is 2.68. The summed E-state index contributed by atoms with van der Waals surface area (Å²) in [6.07, 6.45) is 1.92. The van der Waals surface area contributed by atoms with Gasteiger partial charge in [0.25, 0.3) is 5.91 Å². The van der Waals surface area contributed by atoms with Gasteiger partial charge in [-0.3, -0.25) is 4.79 Å². The van der Waals surface area contributed by atoms with Gasteiger partial charge in [-0.2, -0.15) is 0 Å². The lowest BCUT2D eigenvalue weighted by atomic mass is 10.2. The largest absolute Gasteiger partial charge is 0.497 e. The zero-order valence-electron chi connectivity index (χ0n) is 15.5. The summed E-state index contributed by atoms with van der Waals surface area (Å²) in [5.74, 6) is 0.321. The number of carbonyl (C=O) groups is 2. The molecule has 0 radical (unpaired) electrons. The van der Waals surface area contributed by atoms with Gasteiger partial charge in [-0.05, 0) is 24.5 Å². The van der Waals surface area contributed by atoms with Crippen LogP contribution in [0.1, 0.15) is 10.4 Å². The number of hydrogen-bond acceptors (Lipinski definition) is 7. The molecular weight excluding hydrogens is 370 g/mol. The van der Waals surface area contributed by atoms with E-state index < -0.39 is 18.5 Å². The molecule has 0 fully saturated rings. The van der Waals surface area contributed by atoms with E-state index in [4.69, 9.17) is 18.9 Å². The number of amides is 1. The minimum atomic E-state index is -0.641. The Hall–Kier alpha value is -2.87. The van der Waals surface area contributed by atoms with Gasteiger partial charge in [0.05, 0.1) is 21.3 Å². The molecule has 0 aliphatic heterocycles. The van der Waals surface area contributed by atoms with E-state index in [1.54, 1.807) is 36.4 Å². The van der Waals surface area contributed by atoms with Crippen LogP contribution in [0.5, 0.6) is 17.2 Å². The first-order valence-electron chi connectivity index (χ1n) is 7.92. The first-order valence-corrected chi connectivity index (χ1v) is 9.15. The second-order valence-corrected chi connectivity index (χ2v) is 6.17. The third-order valence-electron chi connectivity index (χ3n) is 3.60. The van der Waals surface area contributed by atoms with Crippen molar-refractivity contribution in [1.29, 1.82) is 0 Å². The van der Waals surface area contributed by atoms with Crippen molar-refractivity contribution in [2.24, 2.45) is 0 Å². The van der Waals surface area contributed by atoms with Crippen LogP contribution >= 0.6 is 11.8 Å². The molecular formula is C19H21NO6S. The summed E-state index contributed by atoms with van der Waals surface area (Å²) in [5, 5.41) is 2.63. The van der Waals surface area contributed by atoms with Gasteiger partial charge in [0.2, 0.25) is 0 Å². The lowest BCUT2D eigenvalue weighted by Gasteiger charge is -2.11. The molecule has 2 rings (SSSR count). The Morgan fingerprint density at radius 1 is 0.963 bits per heavy atom. The van der Waals surface area contributed by atoms with Gasteiger partial charge in [0.15, 0.2) is 6.61 Å². The highest BCUT2D eigenvalue weighted by atomic mass is 32.2. The lowest BCUT2D eigenvalue weighted by Crippen LogP contribution is -2.21. The molecule has 0 aromatic heterocycles. The maximum Gasteiger partial charge on any atom is 0.342 e. The SMILES string of the molecule is COc1cc(NC(=O)COC(=O)c2ccc(SC)cc2OC)cc(OC)c1.